The Morgan fingerprint density at radius 3 is 2.65 bits per heavy atom. The lowest BCUT2D eigenvalue weighted by atomic mass is 9.79. The van der Waals surface area contributed by atoms with Crippen LogP contribution in [0, 0.1) is 17.8 Å². The summed E-state index contributed by atoms with van der Waals surface area (Å²) >= 11 is 0. The molecular weight excluding hydrogens is 212 g/mol. The smallest absolute Gasteiger partial charge is 0.0509 e. The largest absolute Gasteiger partial charge is 0.381 e. The van der Waals surface area contributed by atoms with Crippen molar-refractivity contribution in [1.82, 2.24) is 5.32 Å². The van der Waals surface area contributed by atoms with Gasteiger partial charge in [-0.25, -0.2) is 0 Å². The molecule has 3 N–H and O–H groups in total. The molecule has 1 heterocycles. The van der Waals surface area contributed by atoms with Crippen molar-refractivity contribution in [2.24, 2.45) is 23.5 Å². The molecule has 3 heteroatoms. The van der Waals surface area contributed by atoms with Gasteiger partial charge in [-0.1, -0.05) is 12.8 Å². The summed E-state index contributed by atoms with van der Waals surface area (Å²) in [4.78, 5) is 0. The zero-order valence-corrected chi connectivity index (χ0v) is 11.2. The summed E-state index contributed by atoms with van der Waals surface area (Å²) in [7, 11) is 0. The summed E-state index contributed by atoms with van der Waals surface area (Å²) in [6.07, 6.45) is 6.69. The zero-order chi connectivity index (χ0) is 12.1. The first-order valence-electron chi connectivity index (χ1n) is 7.32. The van der Waals surface area contributed by atoms with Gasteiger partial charge < -0.3 is 15.8 Å². The maximum Gasteiger partial charge on any atom is 0.0509 e. The second-order valence-electron chi connectivity index (χ2n) is 5.86. The van der Waals surface area contributed by atoms with Gasteiger partial charge in [0.2, 0.25) is 0 Å². The summed E-state index contributed by atoms with van der Waals surface area (Å²) in [5.41, 5.74) is 5.87. The van der Waals surface area contributed by atoms with Gasteiger partial charge in [-0.05, 0) is 57.0 Å². The first-order valence-corrected chi connectivity index (χ1v) is 7.32. The van der Waals surface area contributed by atoms with E-state index in [0.717, 1.165) is 44.1 Å². The van der Waals surface area contributed by atoms with Crippen LogP contribution in [-0.4, -0.2) is 32.3 Å². The highest BCUT2D eigenvalue weighted by Gasteiger charge is 2.26. The second kappa shape index (κ2) is 6.72. The average molecular weight is 240 g/mol. The third-order valence-electron chi connectivity index (χ3n) is 4.74. The van der Waals surface area contributed by atoms with Crippen LogP contribution in [0.3, 0.4) is 0 Å². The highest BCUT2D eigenvalue weighted by atomic mass is 16.5. The van der Waals surface area contributed by atoms with E-state index in [4.69, 9.17) is 10.5 Å². The summed E-state index contributed by atoms with van der Waals surface area (Å²) in [5, 5.41) is 3.72. The van der Waals surface area contributed by atoms with Crippen molar-refractivity contribution in [2.45, 2.75) is 45.1 Å². The van der Waals surface area contributed by atoms with Crippen LogP contribution < -0.4 is 11.1 Å². The van der Waals surface area contributed by atoms with Gasteiger partial charge >= 0.3 is 0 Å². The maximum absolute atomic E-state index is 5.87. The van der Waals surface area contributed by atoms with E-state index in [-0.39, 0.29) is 0 Å². The summed E-state index contributed by atoms with van der Waals surface area (Å²) < 4.78 is 5.45. The molecule has 0 aromatic heterocycles. The molecule has 0 radical (unpaired) electrons. The third-order valence-corrected chi connectivity index (χ3v) is 4.74. The van der Waals surface area contributed by atoms with Crippen molar-refractivity contribution in [3.05, 3.63) is 0 Å². The Balaban J connectivity index is 1.72. The third kappa shape index (κ3) is 3.67. The fraction of sp³-hybridized carbons (Fsp3) is 1.00. The van der Waals surface area contributed by atoms with Gasteiger partial charge in [0.1, 0.15) is 0 Å². The van der Waals surface area contributed by atoms with Crippen LogP contribution in [0.25, 0.3) is 0 Å². The molecule has 3 nitrogen and oxygen atoms in total. The van der Waals surface area contributed by atoms with Crippen molar-refractivity contribution in [2.75, 3.05) is 26.3 Å². The first kappa shape index (κ1) is 13.3. The number of hydrogen-bond donors (Lipinski definition) is 2. The summed E-state index contributed by atoms with van der Waals surface area (Å²) in [6, 6.07) is 0.595. The molecule has 4 atom stereocenters. The fourth-order valence-corrected chi connectivity index (χ4v) is 3.31. The Hall–Kier alpha value is -0.120. The maximum atomic E-state index is 5.87. The molecule has 2 aliphatic rings. The SMILES string of the molecule is CC(NCC1CCCCC1CN)C1CCOC1. The van der Waals surface area contributed by atoms with Crippen LogP contribution in [0.1, 0.15) is 39.0 Å². The number of nitrogens with one attached hydrogen (secondary N) is 1. The molecular formula is C14H28N2O. The molecule has 0 aromatic rings. The summed E-state index contributed by atoms with van der Waals surface area (Å²) in [6.45, 7) is 6.22. The topological polar surface area (TPSA) is 47.3 Å². The molecule has 0 amide bonds. The lowest BCUT2D eigenvalue weighted by molar-refractivity contribution is 0.173. The molecule has 1 saturated heterocycles. The highest BCUT2D eigenvalue weighted by Crippen LogP contribution is 2.29. The van der Waals surface area contributed by atoms with E-state index in [9.17, 15) is 0 Å². The number of nitrogens with two attached hydrogens (primary N) is 1. The lowest BCUT2D eigenvalue weighted by Gasteiger charge is -2.32. The molecule has 2 rings (SSSR count). The molecule has 2 fully saturated rings. The van der Waals surface area contributed by atoms with Crippen molar-refractivity contribution in [3.8, 4) is 0 Å². The lowest BCUT2D eigenvalue weighted by Crippen LogP contribution is -2.41. The van der Waals surface area contributed by atoms with Crippen LogP contribution in [0.2, 0.25) is 0 Å². The van der Waals surface area contributed by atoms with Gasteiger partial charge in [-0.15, -0.1) is 0 Å². The van der Waals surface area contributed by atoms with Crippen molar-refractivity contribution in [3.63, 3.8) is 0 Å². The molecule has 17 heavy (non-hydrogen) atoms. The zero-order valence-electron chi connectivity index (χ0n) is 11.2. The molecule has 1 aliphatic carbocycles. The van der Waals surface area contributed by atoms with Crippen LogP contribution in [0.15, 0.2) is 0 Å². The van der Waals surface area contributed by atoms with E-state index >= 15 is 0 Å². The Kier molecular flexibility index (Phi) is 5.26. The molecule has 100 valence electrons. The minimum Gasteiger partial charge on any atom is -0.381 e. The fourth-order valence-electron chi connectivity index (χ4n) is 3.31. The van der Waals surface area contributed by atoms with Crippen LogP contribution in [0.4, 0.5) is 0 Å². The second-order valence-corrected chi connectivity index (χ2v) is 5.86. The number of ether oxygens (including phenoxy) is 1. The molecule has 0 spiro atoms. The molecule has 4 unspecified atom stereocenters. The first-order chi connectivity index (χ1) is 8.31. The summed E-state index contributed by atoms with van der Waals surface area (Å²) in [5.74, 6) is 2.27. The molecule has 1 saturated carbocycles. The van der Waals surface area contributed by atoms with E-state index in [1.54, 1.807) is 0 Å². The monoisotopic (exact) mass is 240 g/mol. The standard InChI is InChI=1S/C14H28N2O/c1-11(14-6-7-17-10-14)16-9-13-5-3-2-4-12(13)8-15/h11-14,16H,2-10,15H2,1H3. The van der Waals surface area contributed by atoms with Crippen LogP contribution in [-0.2, 0) is 4.74 Å². The molecule has 0 bridgehead atoms. The van der Waals surface area contributed by atoms with Crippen LogP contribution >= 0.6 is 0 Å². The Morgan fingerprint density at radius 1 is 1.24 bits per heavy atom. The number of rotatable bonds is 5. The quantitative estimate of drug-likeness (QED) is 0.770. The number of hydrogen-bond acceptors (Lipinski definition) is 3. The van der Waals surface area contributed by atoms with Crippen molar-refractivity contribution >= 4 is 0 Å². The van der Waals surface area contributed by atoms with Crippen molar-refractivity contribution in [1.29, 1.82) is 0 Å². The van der Waals surface area contributed by atoms with Gasteiger partial charge in [-0.2, -0.15) is 0 Å². The van der Waals surface area contributed by atoms with E-state index in [2.05, 4.69) is 12.2 Å². The van der Waals surface area contributed by atoms with Gasteiger partial charge in [0, 0.05) is 12.6 Å². The Bertz CT molecular complexity index is 216. The van der Waals surface area contributed by atoms with E-state index in [0.29, 0.717) is 6.04 Å². The predicted molar refractivity (Wildman–Crippen MR) is 70.9 cm³/mol. The molecule has 0 aromatic carbocycles. The Morgan fingerprint density at radius 2 is 2.00 bits per heavy atom. The van der Waals surface area contributed by atoms with Gasteiger partial charge in [0.25, 0.3) is 0 Å². The highest BCUT2D eigenvalue weighted by molar-refractivity contribution is 4.81. The Labute approximate surface area is 105 Å². The minimum atomic E-state index is 0.595. The normalized spacial score (nSPS) is 36.0. The van der Waals surface area contributed by atoms with Gasteiger partial charge in [0.15, 0.2) is 0 Å². The predicted octanol–water partition coefficient (Wildman–Crippen LogP) is 1.77. The average Bonchev–Trinajstić information content (AvgIpc) is 2.90. The van der Waals surface area contributed by atoms with Crippen LogP contribution in [0.5, 0.6) is 0 Å². The molecule has 1 aliphatic heterocycles. The van der Waals surface area contributed by atoms with E-state index in [1.807, 2.05) is 0 Å². The minimum absolute atomic E-state index is 0.595. The van der Waals surface area contributed by atoms with Gasteiger partial charge in [-0.3, -0.25) is 0 Å². The van der Waals surface area contributed by atoms with Gasteiger partial charge in [0.05, 0.1) is 6.61 Å². The van der Waals surface area contributed by atoms with E-state index in [1.165, 1.54) is 32.1 Å². The van der Waals surface area contributed by atoms with E-state index < -0.39 is 0 Å². The van der Waals surface area contributed by atoms with Crippen molar-refractivity contribution < 1.29 is 4.74 Å².